The minimum Gasteiger partial charge on any atom is -0.481 e. The van der Waals surface area contributed by atoms with Crippen LogP contribution in [0.4, 0.5) is 0 Å². The summed E-state index contributed by atoms with van der Waals surface area (Å²) in [5.74, 6) is -1.67. The van der Waals surface area contributed by atoms with Crippen LogP contribution in [-0.4, -0.2) is 30.6 Å². The number of hydrogen-bond acceptors (Lipinski definition) is 5. The second kappa shape index (κ2) is 7.07. The Bertz CT molecular complexity index is 774. The van der Waals surface area contributed by atoms with Crippen molar-refractivity contribution in [2.45, 2.75) is 39.5 Å². The Balaban J connectivity index is 3.72. The Morgan fingerprint density at radius 2 is 1.56 bits per heavy atom. The van der Waals surface area contributed by atoms with Crippen molar-refractivity contribution in [1.29, 1.82) is 0 Å². The summed E-state index contributed by atoms with van der Waals surface area (Å²) in [7, 11) is -9.86. The highest BCUT2D eigenvalue weighted by atomic mass is 31.2. The van der Waals surface area contributed by atoms with E-state index in [-0.39, 0.29) is 28.2 Å². The van der Waals surface area contributed by atoms with E-state index in [9.17, 15) is 13.9 Å². The van der Waals surface area contributed by atoms with Gasteiger partial charge in [-0.05, 0) is 31.0 Å². The lowest BCUT2D eigenvalue weighted by Crippen LogP contribution is -2.24. The lowest BCUT2D eigenvalue weighted by Gasteiger charge is -2.29. The second-order valence-electron chi connectivity index (χ2n) is 6.14. The Hall–Kier alpha value is -1.41. The van der Waals surface area contributed by atoms with Gasteiger partial charge in [0.25, 0.3) is 0 Å². The SMILES string of the molecule is Cc1cc(OP(=O)(O)O)c(C(C)(C)CC(=O)O)c(C)c1OP(=O)(O)O. The molecule has 1 aromatic rings. The third-order valence-corrected chi connectivity index (χ3v) is 4.22. The minimum absolute atomic E-state index is 0.0623. The van der Waals surface area contributed by atoms with Gasteiger partial charge in [0.2, 0.25) is 0 Å². The first-order valence-electron chi connectivity index (χ1n) is 6.90. The number of aryl methyl sites for hydroxylation is 1. The summed E-state index contributed by atoms with van der Waals surface area (Å²) in [5.41, 5.74) is -0.856. The zero-order valence-corrected chi connectivity index (χ0v) is 15.7. The Morgan fingerprint density at radius 1 is 1.08 bits per heavy atom. The lowest BCUT2D eigenvalue weighted by molar-refractivity contribution is -0.138. The molecule has 0 aliphatic carbocycles. The highest BCUT2D eigenvalue weighted by Gasteiger charge is 2.34. The fraction of sp³-hybridized carbons (Fsp3) is 0.462. The molecule has 0 aliphatic rings. The zero-order chi connectivity index (χ0) is 19.8. The quantitative estimate of drug-likeness (QED) is 0.428. The number of rotatable bonds is 7. The fourth-order valence-electron chi connectivity index (χ4n) is 2.70. The molecule has 0 aliphatic heterocycles. The van der Waals surface area contributed by atoms with Crippen molar-refractivity contribution in [1.82, 2.24) is 0 Å². The van der Waals surface area contributed by atoms with Crippen LogP contribution in [0.1, 0.15) is 37.0 Å². The van der Waals surface area contributed by atoms with Crippen LogP contribution in [0.2, 0.25) is 0 Å². The van der Waals surface area contributed by atoms with E-state index in [1.807, 2.05) is 0 Å². The molecule has 0 bridgehead atoms. The largest absolute Gasteiger partial charge is 0.524 e. The van der Waals surface area contributed by atoms with Crippen molar-refractivity contribution in [3.63, 3.8) is 0 Å². The van der Waals surface area contributed by atoms with Crippen molar-refractivity contribution >= 4 is 21.6 Å². The Labute approximate surface area is 143 Å². The molecule has 0 atom stereocenters. The van der Waals surface area contributed by atoms with Gasteiger partial charge >= 0.3 is 21.6 Å². The molecule has 0 unspecified atom stereocenters. The van der Waals surface area contributed by atoms with Gasteiger partial charge in [-0.3, -0.25) is 24.4 Å². The van der Waals surface area contributed by atoms with E-state index < -0.39 is 33.5 Å². The Kier molecular flexibility index (Phi) is 6.12. The number of aliphatic carboxylic acids is 1. The maximum atomic E-state index is 11.2. The minimum atomic E-state index is -4.96. The van der Waals surface area contributed by atoms with E-state index in [2.05, 4.69) is 9.05 Å². The van der Waals surface area contributed by atoms with Crippen molar-refractivity contribution in [3.8, 4) is 11.5 Å². The first-order chi connectivity index (χ1) is 11.0. The molecule has 0 saturated heterocycles. The topological polar surface area (TPSA) is 171 Å². The number of hydrogen-bond donors (Lipinski definition) is 5. The summed E-state index contributed by atoms with van der Waals surface area (Å²) in [6.07, 6.45) is -0.427. The van der Waals surface area contributed by atoms with Crippen LogP contribution in [0.15, 0.2) is 6.07 Å². The molecule has 1 rings (SSSR count). The van der Waals surface area contributed by atoms with Crippen LogP contribution >= 0.6 is 15.6 Å². The van der Waals surface area contributed by atoms with Crippen LogP contribution in [0, 0.1) is 13.8 Å². The number of phosphoric ester groups is 2. The average molecular weight is 398 g/mol. The standard InChI is InChI=1S/C13H20O10P2/c1-7-5-9(22-24(16,17)18)11(13(3,4)6-10(14)15)8(2)12(7)23-25(19,20)21/h5H,6H2,1-4H3,(H,14,15)(H2,16,17,18)(H2,19,20,21). The van der Waals surface area contributed by atoms with Gasteiger partial charge in [0.05, 0.1) is 6.42 Å². The third kappa shape index (κ3) is 6.11. The van der Waals surface area contributed by atoms with Crippen LogP contribution in [0.5, 0.6) is 11.5 Å². The average Bonchev–Trinajstić information content (AvgIpc) is 2.28. The van der Waals surface area contributed by atoms with Crippen molar-refractivity contribution in [2.75, 3.05) is 0 Å². The molecule has 12 heteroatoms. The number of benzene rings is 1. The van der Waals surface area contributed by atoms with Gasteiger partial charge in [0.1, 0.15) is 11.5 Å². The predicted octanol–water partition coefficient (Wildman–Crippen LogP) is 2.00. The molecule has 0 saturated carbocycles. The first-order valence-corrected chi connectivity index (χ1v) is 9.96. The maximum Gasteiger partial charge on any atom is 0.524 e. The van der Waals surface area contributed by atoms with Gasteiger partial charge in [-0.1, -0.05) is 13.8 Å². The van der Waals surface area contributed by atoms with E-state index in [0.717, 1.165) is 6.07 Å². The monoisotopic (exact) mass is 398 g/mol. The molecule has 10 nitrogen and oxygen atoms in total. The van der Waals surface area contributed by atoms with Crippen LogP contribution in [-0.2, 0) is 19.3 Å². The van der Waals surface area contributed by atoms with E-state index in [1.54, 1.807) is 0 Å². The summed E-state index contributed by atoms with van der Waals surface area (Å²) in [4.78, 5) is 47.4. The van der Waals surface area contributed by atoms with Crippen molar-refractivity contribution in [3.05, 3.63) is 22.8 Å². The zero-order valence-electron chi connectivity index (χ0n) is 14.0. The number of carboxylic acids is 1. The van der Waals surface area contributed by atoms with Crippen LogP contribution < -0.4 is 9.05 Å². The summed E-state index contributed by atoms with van der Waals surface area (Å²) in [6.45, 7) is 5.78. The maximum absolute atomic E-state index is 11.2. The fourth-order valence-corrected chi connectivity index (χ4v) is 3.61. The smallest absolute Gasteiger partial charge is 0.481 e. The second-order valence-corrected chi connectivity index (χ2v) is 8.47. The third-order valence-electron chi connectivity index (χ3n) is 3.37. The van der Waals surface area contributed by atoms with Crippen molar-refractivity contribution < 1.29 is 47.7 Å². The molecule has 0 heterocycles. The van der Waals surface area contributed by atoms with E-state index >= 15 is 0 Å². The van der Waals surface area contributed by atoms with Crippen LogP contribution in [0.25, 0.3) is 0 Å². The number of carboxylic acid groups (broad SMARTS) is 1. The van der Waals surface area contributed by atoms with E-state index in [0.29, 0.717) is 0 Å². The lowest BCUT2D eigenvalue weighted by atomic mass is 9.78. The highest BCUT2D eigenvalue weighted by molar-refractivity contribution is 7.47. The summed E-state index contributed by atoms with van der Waals surface area (Å²) in [5, 5.41) is 9.08. The molecule has 0 fully saturated rings. The van der Waals surface area contributed by atoms with Gasteiger partial charge in [-0.15, -0.1) is 0 Å². The van der Waals surface area contributed by atoms with Gasteiger partial charge < -0.3 is 14.2 Å². The van der Waals surface area contributed by atoms with Gasteiger partial charge in [-0.25, -0.2) is 9.13 Å². The summed E-state index contributed by atoms with van der Waals surface area (Å²) < 4.78 is 31.7. The summed E-state index contributed by atoms with van der Waals surface area (Å²) in [6, 6.07) is 1.13. The Morgan fingerprint density at radius 3 is 1.96 bits per heavy atom. The highest BCUT2D eigenvalue weighted by Crippen LogP contribution is 2.50. The van der Waals surface area contributed by atoms with Gasteiger partial charge in [-0.2, -0.15) is 0 Å². The van der Waals surface area contributed by atoms with E-state index in [4.69, 9.17) is 24.7 Å². The van der Waals surface area contributed by atoms with Gasteiger partial charge in [0.15, 0.2) is 0 Å². The molecule has 0 amide bonds. The molecule has 25 heavy (non-hydrogen) atoms. The predicted molar refractivity (Wildman–Crippen MR) is 86.5 cm³/mol. The number of carbonyl (C=O) groups is 1. The normalized spacial score (nSPS) is 12.8. The van der Waals surface area contributed by atoms with Crippen LogP contribution in [0.3, 0.4) is 0 Å². The number of phosphoric acid groups is 2. The molecule has 1 aromatic carbocycles. The first kappa shape index (κ1) is 21.6. The van der Waals surface area contributed by atoms with Gasteiger partial charge in [0, 0.05) is 11.0 Å². The summed E-state index contributed by atoms with van der Waals surface area (Å²) >= 11 is 0. The molecule has 142 valence electrons. The van der Waals surface area contributed by atoms with E-state index in [1.165, 1.54) is 27.7 Å². The molecular weight excluding hydrogens is 378 g/mol. The molecule has 5 N–H and O–H groups in total. The molecular formula is C13H20O10P2. The molecule has 0 spiro atoms. The molecule has 0 radical (unpaired) electrons. The molecule has 0 aromatic heterocycles. The van der Waals surface area contributed by atoms with Crippen molar-refractivity contribution in [2.24, 2.45) is 0 Å².